The number of hydrogen-bond donors (Lipinski definition) is 3. The number of hydrogen-bond acceptors (Lipinski definition) is 5. The minimum atomic E-state index is -0.908. The van der Waals surface area contributed by atoms with E-state index in [9.17, 15) is 14.4 Å². The van der Waals surface area contributed by atoms with Gasteiger partial charge < -0.3 is 15.4 Å². The molecule has 0 aromatic heterocycles. The number of amides is 3. The number of benzene rings is 3. The van der Waals surface area contributed by atoms with Crippen LogP contribution in [0.3, 0.4) is 0 Å². The molecule has 3 N–H and O–H groups in total. The minimum Gasteiger partial charge on any atom is -0.483 e. The molecule has 3 aromatic carbocycles. The van der Waals surface area contributed by atoms with Crippen LogP contribution in [0.15, 0.2) is 71.8 Å². The topological polar surface area (TPSA) is 109 Å². The van der Waals surface area contributed by atoms with Crippen LogP contribution in [0, 0.1) is 0 Å². The SMILES string of the molecule is CC(C)c1ccc(CNC(=O)C(=O)N/N=C\c2ccccc2OCC(=O)Nc2ccc(Cl)c(Cl)c2)cc1. The summed E-state index contributed by atoms with van der Waals surface area (Å²) in [6, 6.07) is 19.3. The molecule has 0 spiro atoms. The van der Waals surface area contributed by atoms with Crippen molar-refractivity contribution in [2.75, 3.05) is 11.9 Å². The highest BCUT2D eigenvalue weighted by Gasteiger charge is 2.13. The van der Waals surface area contributed by atoms with Crippen molar-refractivity contribution in [2.24, 2.45) is 5.10 Å². The molecule has 37 heavy (non-hydrogen) atoms. The largest absolute Gasteiger partial charge is 0.483 e. The van der Waals surface area contributed by atoms with Gasteiger partial charge in [0, 0.05) is 17.8 Å². The van der Waals surface area contributed by atoms with Crippen LogP contribution < -0.4 is 20.8 Å². The predicted octanol–water partition coefficient (Wildman–Crippen LogP) is 4.90. The van der Waals surface area contributed by atoms with Gasteiger partial charge in [-0.1, -0.05) is 73.4 Å². The third kappa shape index (κ3) is 8.63. The first-order valence-electron chi connectivity index (χ1n) is 11.4. The van der Waals surface area contributed by atoms with Crippen molar-refractivity contribution >= 4 is 52.8 Å². The highest BCUT2D eigenvalue weighted by molar-refractivity contribution is 6.42. The summed E-state index contributed by atoms with van der Waals surface area (Å²) in [6.45, 7) is 4.14. The number of carbonyl (C=O) groups is 3. The highest BCUT2D eigenvalue weighted by atomic mass is 35.5. The summed E-state index contributed by atoms with van der Waals surface area (Å²) in [4.78, 5) is 36.4. The van der Waals surface area contributed by atoms with E-state index in [1.54, 1.807) is 36.4 Å². The number of carbonyl (C=O) groups excluding carboxylic acids is 3. The molecular weight excluding hydrogens is 515 g/mol. The maximum Gasteiger partial charge on any atom is 0.329 e. The summed E-state index contributed by atoms with van der Waals surface area (Å²) in [7, 11) is 0. The monoisotopic (exact) mass is 540 g/mol. The normalized spacial score (nSPS) is 10.8. The molecule has 3 rings (SSSR count). The van der Waals surface area contributed by atoms with Gasteiger partial charge in [-0.15, -0.1) is 0 Å². The number of hydrazone groups is 1. The van der Waals surface area contributed by atoms with Crippen molar-refractivity contribution < 1.29 is 19.1 Å². The van der Waals surface area contributed by atoms with E-state index in [1.165, 1.54) is 17.8 Å². The molecule has 0 fully saturated rings. The first-order chi connectivity index (χ1) is 17.7. The van der Waals surface area contributed by atoms with E-state index in [0.717, 1.165) is 5.56 Å². The van der Waals surface area contributed by atoms with Gasteiger partial charge >= 0.3 is 11.8 Å². The van der Waals surface area contributed by atoms with E-state index in [-0.39, 0.29) is 13.2 Å². The van der Waals surface area contributed by atoms with Gasteiger partial charge in [-0.05, 0) is 47.4 Å². The van der Waals surface area contributed by atoms with Gasteiger partial charge in [0.2, 0.25) is 0 Å². The zero-order chi connectivity index (χ0) is 26.8. The van der Waals surface area contributed by atoms with Crippen molar-refractivity contribution in [2.45, 2.75) is 26.3 Å². The second kappa shape index (κ2) is 13.4. The second-order valence-electron chi connectivity index (χ2n) is 8.28. The number of nitrogens with one attached hydrogen (secondary N) is 3. The maximum absolute atomic E-state index is 12.2. The first kappa shape index (κ1) is 27.7. The van der Waals surface area contributed by atoms with E-state index < -0.39 is 17.7 Å². The molecule has 0 saturated carbocycles. The third-order valence-corrected chi connectivity index (χ3v) is 5.90. The predicted molar refractivity (Wildman–Crippen MR) is 145 cm³/mol. The maximum atomic E-state index is 12.2. The van der Waals surface area contributed by atoms with Crippen LogP contribution in [-0.4, -0.2) is 30.5 Å². The van der Waals surface area contributed by atoms with Gasteiger partial charge in [0.05, 0.1) is 16.3 Å². The van der Waals surface area contributed by atoms with Gasteiger partial charge in [0.15, 0.2) is 6.61 Å². The van der Waals surface area contributed by atoms with E-state index in [4.69, 9.17) is 27.9 Å². The van der Waals surface area contributed by atoms with E-state index in [2.05, 4.69) is 35.0 Å². The fourth-order valence-corrected chi connectivity index (χ4v) is 3.43. The Kier molecular flexibility index (Phi) is 10.1. The first-order valence-corrected chi connectivity index (χ1v) is 12.2. The molecule has 192 valence electrons. The Labute approximate surface area is 225 Å². The van der Waals surface area contributed by atoms with Crippen LogP contribution in [0.1, 0.15) is 36.5 Å². The molecule has 10 heteroatoms. The molecule has 8 nitrogen and oxygen atoms in total. The number of para-hydroxylation sites is 1. The summed E-state index contributed by atoms with van der Waals surface area (Å²) >= 11 is 11.8. The lowest BCUT2D eigenvalue weighted by Gasteiger charge is -2.10. The summed E-state index contributed by atoms with van der Waals surface area (Å²) in [5, 5.41) is 9.74. The number of halogens is 2. The molecular formula is C27H26Cl2N4O4. The quantitative estimate of drug-likeness (QED) is 0.203. The lowest BCUT2D eigenvalue weighted by atomic mass is 10.0. The summed E-state index contributed by atoms with van der Waals surface area (Å²) in [5.74, 6) is -1.36. The summed E-state index contributed by atoms with van der Waals surface area (Å²) < 4.78 is 5.59. The Balaban J connectivity index is 1.48. The van der Waals surface area contributed by atoms with Crippen molar-refractivity contribution in [1.82, 2.24) is 10.7 Å². The second-order valence-corrected chi connectivity index (χ2v) is 9.10. The number of nitrogens with zero attached hydrogens (tertiary/aromatic N) is 1. The van der Waals surface area contributed by atoms with Crippen molar-refractivity contribution in [3.8, 4) is 5.75 Å². The average molecular weight is 541 g/mol. The lowest BCUT2D eigenvalue weighted by molar-refractivity contribution is -0.139. The molecule has 0 aliphatic rings. The van der Waals surface area contributed by atoms with Crippen LogP contribution >= 0.6 is 23.2 Å². The molecule has 3 aromatic rings. The third-order valence-electron chi connectivity index (χ3n) is 5.16. The van der Waals surface area contributed by atoms with Gasteiger partial charge in [0.1, 0.15) is 5.75 Å². The van der Waals surface area contributed by atoms with Crippen molar-refractivity contribution in [3.05, 3.63) is 93.5 Å². The molecule has 0 radical (unpaired) electrons. The van der Waals surface area contributed by atoms with Crippen LogP contribution in [0.25, 0.3) is 0 Å². The average Bonchev–Trinajstić information content (AvgIpc) is 2.89. The molecule has 3 amide bonds. The molecule has 0 aliphatic heterocycles. The summed E-state index contributed by atoms with van der Waals surface area (Å²) in [5.41, 5.74) is 5.23. The molecule has 0 atom stereocenters. The molecule has 0 heterocycles. The number of rotatable bonds is 9. The lowest BCUT2D eigenvalue weighted by Crippen LogP contribution is -2.37. The van der Waals surface area contributed by atoms with Gasteiger partial charge in [-0.3, -0.25) is 14.4 Å². The molecule has 0 unspecified atom stereocenters. The van der Waals surface area contributed by atoms with E-state index >= 15 is 0 Å². The van der Waals surface area contributed by atoms with Gasteiger partial charge in [-0.2, -0.15) is 5.10 Å². The highest BCUT2D eigenvalue weighted by Crippen LogP contribution is 2.25. The van der Waals surface area contributed by atoms with E-state index in [0.29, 0.717) is 33.0 Å². The van der Waals surface area contributed by atoms with Crippen LogP contribution in [0.5, 0.6) is 5.75 Å². The van der Waals surface area contributed by atoms with Gasteiger partial charge in [-0.25, -0.2) is 5.43 Å². The Morgan fingerprint density at radius 2 is 1.68 bits per heavy atom. The zero-order valence-electron chi connectivity index (χ0n) is 20.3. The standard InChI is InChI=1S/C27H26Cl2N4O4/c1-17(2)19-9-7-18(8-10-19)14-30-26(35)27(36)33-31-15-20-5-3-4-6-24(20)37-16-25(34)32-21-11-12-22(28)23(29)13-21/h3-13,15,17H,14,16H2,1-2H3,(H,30,35)(H,32,34)(H,33,36)/b31-15-. The number of ether oxygens (including phenoxy) is 1. The minimum absolute atomic E-state index is 0.218. The Bertz CT molecular complexity index is 1290. The molecule has 0 bridgehead atoms. The van der Waals surface area contributed by atoms with Crippen molar-refractivity contribution in [1.29, 1.82) is 0 Å². The van der Waals surface area contributed by atoms with Gasteiger partial charge in [0.25, 0.3) is 5.91 Å². The fraction of sp³-hybridized carbons (Fsp3) is 0.185. The Morgan fingerprint density at radius 3 is 2.38 bits per heavy atom. The zero-order valence-corrected chi connectivity index (χ0v) is 21.8. The Hall–Kier alpha value is -3.88. The fourth-order valence-electron chi connectivity index (χ4n) is 3.13. The van der Waals surface area contributed by atoms with Crippen LogP contribution in [0.2, 0.25) is 10.0 Å². The van der Waals surface area contributed by atoms with Crippen LogP contribution in [0.4, 0.5) is 5.69 Å². The number of anilines is 1. The van der Waals surface area contributed by atoms with E-state index in [1.807, 2.05) is 24.3 Å². The van der Waals surface area contributed by atoms with Crippen LogP contribution in [-0.2, 0) is 20.9 Å². The smallest absolute Gasteiger partial charge is 0.329 e. The van der Waals surface area contributed by atoms with Crippen molar-refractivity contribution in [3.63, 3.8) is 0 Å². The Morgan fingerprint density at radius 1 is 0.946 bits per heavy atom. The molecule has 0 aliphatic carbocycles. The summed E-state index contributed by atoms with van der Waals surface area (Å²) in [6.07, 6.45) is 1.32. The molecule has 0 saturated heterocycles.